The molecule has 1 aliphatic carbocycles. The zero-order valence-electron chi connectivity index (χ0n) is 8.42. The maximum absolute atomic E-state index is 5.29. The zero-order valence-corrected chi connectivity index (χ0v) is 8.42. The predicted molar refractivity (Wildman–Crippen MR) is 50.5 cm³/mol. The van der Waals surface area contributed by atoms with E-state index in [0.717, 1.165) is 12.3 Å². The predicted octanol–water partition coefficient (Wildman–Crippen LogP) is 3.13. The molecule has 70 valence electrons. The fraction of sp³-hybridized carbons (Fsp3) is 0.909. The summed E-state index contributed by atoms with van der Waals surface area (Å²) in [6.07, 6.45) is 4.05. The van der Waals surface area contributed by atoms with Crippen LogP contribution in [-0.2, 0) is 4.74 Å². The maximum Gasteiger partial charge on any atom is 0.115 e. The van der Waals surface area contributed by atoms with Gasteiger partial charge < -0.3 is 4.74 Å². The lowest BCUT2D eigenvalue weighted by atomic mass is 9.75. The van der Waals surface area contributed by atoms with E-state index >= 15 is 0 Å². The lowest BCUT2D eigenvalue weighted by Gasteiger charge is -2.36. The smallest absolute Gasteiger partial charge is 0.115 e. The summed E-state index contributed by atoms with van der Waals surface area (Å²) in [5.41, 5.74) is 0. The molecule has 1 saturated carbocycles. The molecule has 0 aromatic rings. The van der Waals surface area contributed by atoms with Gasteiger partial charge in [0.2, 0.25) is 0 Å². The molecule has 1 rings (SSSR count). The third kappa shape index (κ3) is 2.22. The van der Waals surface area contributed by atoms with E-state index in [2.05, 4.69) is 20.8 Å². The molecule has 0 spiro atoms. The van der Waals surface area contributed by atoms with Crippen LogP contribution in [0.15, 0.2) is 0 Å². The highest BCUT2D eigenvalue weighted by Crippen LogP contribution is 2.34. The second-order valence-electron chi connectivity index (χ2n) is 4.50. The molecule has 3 unspecified atom stereocenters. The molecule has 0 aromatic carbocycles. The first-order valence-electron chi connectivity index (χ1n) is 5.00. The quantitative estimate of drug-likeness (QED) is 0.615. The fourth-order valence-corrected chi connectivity index (χ4v) is 2.27. The van der Waals surface area contributed by atoms with Gasteiger partial charge in [0.05, 0.1) is 6.10 Å². The first-order valence-corrected chi connectivity index (χ1v) is 5.00. The number of hydrogen-bond donors (Lipinski definition) is 0. The number of hydrogen-bond acceptors (Lipinski definition) is 1. The average molecular weight is 168 g/mol. The molecule has 2 radical (unpaired) electrons. The molecule has 3 atom stereocenters. The summed E-state index contributed by atoms with van der Waals surface area (Å²) < 4.78 is 5.04. The summed E-state index contributed by atoms with van der Waals surface area (Å²) in [6.45, 7) is 6.79. The third-order valence-electron chi connectivity index (χ3n) is 3.14. The molecule has 0 aromatic heterocycles. The van der Waals surface area contributed by atoms with E-state index in [-0.39, 0.29) is 0 Å². The minimum absolute atomic E-state index is 0.300. The standard InChI is InChI=1S/C11H20O/c1-8(2)10-6-5-9(3)7-11(10)12-4/h4,8-11H,5-7H2,1-3H3. The summed E-state index contributed by atoms with van der Waals surface area (Å²) in [4.78, 5) is 0. The van der Waals surface area contributed by atoms with Gasteiger partial charge in [-0.15, -0.1) is 0 Å². The van der Waals surface area contributed by atoms with Crippen molar-refractivity contribution in [3.63, 3.8) is 0 Å². The normalized spacial score (nSPS) is 37.2. The Balaban J connectivity index is 2.50. The first-order chi connectivity index (χ1) is 5.65. The molecule has 1 heteroatoms. The maximum atomic E-state index is 5.29. The van der Waals surface area contributed by atoms with Crippen molar-refractivity contribution < 1.29 is 4.74 Å². The number of rotatable bonds is 2. The van der Waals surface area contributed by atoms with E-state index in [1.165, 1.54) is 12.8 Å². The van der Waals surface area contributed by atoms with Crippen LogP contribution in [0.1, 0.15) is 40.0 Å². The highest BCUT2D eigenvalue weighted by molar-refractivity contribution is 4.81. The van der Waals surface area contributed by atoms with Crippen molar-refractivity contribution in [2.24, 2.45) is 17.8 Å². The first kappa shape index (κ1) is 10.0. The molecule has 0 heterocycles. The van der Waals surface area contributed by atoms with Gasteiger partial charge in [-0.1, -0.05) is 27.2 Å². The molecule has 1 fully saturated rings. The Labute approximate surface area is 76.5 Å². The fourth-order valence-electron chi connectivity index (χ4n) is 2.27. The molecule has 1 aliphatic rings. The second-order valence-corrected chi connectivity index (χ2v) is 4.50. The highest BCUT2D eigenvalue weighted by Gasteiger charge is 2.30. The van der Waals surface area contributed by atoms with Gasteiger partial charge in [-0.2, -0.15) is 0 Å². The minimum atomic E-state index is 0.300. The van der Waals surface area contributed by atoms with Crippen LogP contribution in [0.25, 0.3) is 0 Å². The summed E-state index contributed by atoms with van der Waals surface area (Å²) in [5, 5.41) is 0. The van der Waals surface area contributed by atoms with E-state index in [0.29, 0.717) is 17.9 Å². The van der Waals surface area contributed by atoms with Gasteiger partial charge in [-0.25, -0.2) is 0 Å². The lowest BCUT2D eigenvalue weighted by Crippen LogP contribution is -2.32. The summed E-state index contributed by atoms with van der Waals surface area (Å²) in [6, 6.07) is 0. The van der Waals surface area contributed by atoms with Crippen molar-refractivity contribution in [1.29, 1.82) is 0 Å². The molecule has 0 amide bonds. The topological polar surface area (TPSA) is 9.23 Å². The second kappa shape index (κ2) is 4.27. The Morgan fingerprint density at radius 3 is 2.50 bits per heavy atom. The van der Waals surface area contributed by atoms with Crippen LogP contribution in [0, 0.1) is 24.9 Å². The summed E-state index contributed by atoms with van der Waals surface area (Å²) >= 11 is 0. The molecule has 1 nitrogen and oxygen atoms in total. The lowest BCUT2D eigenvalue weighted by molar-refractivity contribution is 0.00996. The number of ether oxygens (including phenoxy) is 1. The third-order valence-corrected chi connectivity index (χ3v) is 3.14. The molecule has 0 aliphatic heterocycles. The molecule has 0 bridgehead atoms. The van der Waals surface area contributed by atoms with Crippen LogP contribution in [0.4, 0.5) is 0 Å². The molecular formula is C11H20O. The Kier molecular flexibility index (Phi) is 3.57. The van der Waals surface area contributed by atoms with E-state index in [1.54, 1.807) is 0 Å². The van der Waals surface area contributed by atoms with Gasteiger partial charge in [-0.05, 0) is 30.6 Å². The van der Waals surface area contributed by atoms with Crippen molar-refractivity contribution in [2.75, 3.05) is 0 Å². The van der Waals surface area contributed by atoms with Crippen LogP contribution in [0.2, 0.25) is 0 Å². The van der Waals surface area contributed by atoms with E-state index in [1.807, 2.05) is 0 Å². The summed E-state index contributed by atoms with van der Waals surface area (Å²) in [5.74, 6) is 2.16. The Morgan fingerprint density at radius 2 is 2.00 bits per heavy atom. The Bertz CT molecular complexity index is 131. The van der Waals surface area contributed by atoms with Gasteiger partial charge in [0.15, 0.2) is 0 Å². The zero-order chi connectivity index (χ0) is 9.14. The molecule has 0 saturated heterocycles. The summed E-state index contributed by atoms with van der Waals surface area (Å²) in [7, 11) is 5.29. The molecule has 0 N–H and O–H groups in total. The van der Waals surface area contributed by atoms with Gasteiger partial charge >= 0.3 is 0 Å². The van der Waals surface area contributed by atoms with Crippen LogP contribution < -0.4 is 0 Å². The van der Waals surface area contributed by atoms with Crippen LogP contribution in [-0.4, -0.2) is 6.10 Å². The minimum Gasteiger partial charge on any atom is -0.369 e. The Hall–Kier alpha value is -0.0400. The molecular weight excluding hydrogens is 148 g/mol. The van der Waals surface area contributed by atoms with E-state index in [4.69, 9.17) is 11.8 Å². The van der Waals surface area contributed by atoms with Crippen molar-refractivity contribution >= 4 is 0 Å². The monoisotopic (exact) mass is 168 g/mol. The largest absolute Gasteiger partial charge is 0.369 e. The van der Waals surface area contributed by atoms with Crippen LogP contribution in [0.5, 0.6) is 0 Å². The molecule has 12 heavy (non-hydrogen) atoms. The van der Waals surface area contributed by atoms with Crippen molar-refractivity contribution in [2.45, 2.75) is 46.1 Å². The van der Waals surface area contributed by atoms with Crippen molar-refractivity contribution in [3.8, 4) is 0 Å². The highest BCUT2D eigenvalue weighted by atomic mass is 16.5. The van der Waals surface area contributed by atoms with Crippen molar-refractivity contribution in [1.82, 2.24) is 0 Å². The van der Waals surface area contributed by atoms with Gasteiger partial charge in [0, 0.05) is 0 Å². The van der Waals surface area contributed by atoms with Crippen LogP contribution >= 0.6 is 0 Å². The van der Waals surface area contributed by atoms with Crippen molar-refractivity contribution in [3.05, 3.63) is 7.11 Å². The van der Waals surface area contributed by atoms with E-state index < -0.39 is 0 Å². The van der Waals surface area contributed by atoms with E-state index in [9.17, 15) is 0 Å². The van der Waals surface area contributed by atoms with Gasteiger partial charge in [0.1, 0.15) is 7.11 Å². The SMILES string of the molecule is [CH]OC1CC(C)CCC1C(C)C. The van der Waals surface area contributed by atoms with Crippen LogP contribution in [0.3, 0.4) is 0 Å². The Morgan fingerprint density at radius 1 is 1.33 bits per heavy atom. The average Bonchev–Trinajstić information content (AvgIpc) is 2.03. The van der Waals surface area contributed by atoms with Gasteiger partial charge in [0.25, 0.3) is 0 Å². The van der Waals surface area contributed by atoms with Gasteiger partial charge in [-0.3, -0.25) is 0 Å².